The molecule has 2 heterocycles. The molecule has 1 aliphatic rings. The number of hydrogen-bond donors (Lipinski definition) is 2. The van der Waals surface area contributed by atoms with Gasteiger partial charge in [-0.3, -0.25) is 4.79 Å². The van der Waals surface area contributed by atoms with Crippen molar-refractivity contribution in [1.29, 1.82) is 0 Å². The van der Waals surface area contributed by atoms with Crippen LogP contribution in [0.5, 0.6) is 11.5 Å². The molecule has 0 aliphatic carbocycles. The number of nitrogens with zero attached hydrogens (tertiary/aromatic N) is 3. The number of methoxy groups -OCH3 is 1. The van der Waals surface area contributed by atoms with Gasteiger partial charge in [-0.1, -0.05) is 54.1 Å². The predicted molar refractivity (Wildman–Crippen MR) is 143 cm³/mol. The van der Waals surface area contributed by atoms with Crippen LogP contribution in [0.1, 0.15) is 29.7 Å². The molecule has 1 atom stereocenters. The number of rotatable bonds is 7. The predicted octanol–water partition coefficient (Wildman–Crippen LogP) is 5.76. The molecule has 0 saturated carbocycles. The Kier molecular flexibility index (Phi) is 6.83. The number of amides is 1. The summed E-state index contributed by atoms with van der Waals surface area (Å²) in [6, 6.07) is 20.2. The van der Waals surface area contributed by atoms with Gasteiger partial charge < -0.3 is 20.1 Å². The number of carbonyl (C=O) groups is 1. The lowest BCUT2D eigenvalue weighted by Gasteiger charge is -2.29. The zero-order valence-electron chi connectivity index (χ0n) is 20.7. The fourth-order valence-corrected chi connectivity index (χ4v) is 4.53. The fraction of sp³-hybridized carbons (Fsp3) is 0.179. The van der Waals surface area contributed by atoms with Gasteiger partial charge in [-0.15, -0.1) is 0 Å². The minimum atomic E-state index is -0.533. The van der Waals surface area contributed by atoms with Crippen LogP contribution in [-0.4, -0.2) is 27.8 Å². The first kappa shape index (κ1) is 24.4. The van der Waals surface area contributed by atoms with Gasteiger partial charge in [0.05, 0.1) is 12.7 Å². The Morgan fingerprint density at radius 3 is 2.65 bits per heavy atom. The van der Waals surface area contributed by atoms with E-state index >= 15 is 0 Å². The number of benzene rings is 3. The van der Waals surface area contributed by atoms with Gasteiger partial charge in [0.1, 0.15) is 19.0 Å². The monoisotopic (exact) mass is 515 g/mol. The maximum Gasteiger partial charge on any atom is 0.255 e. The average molecular weight is 516 g/mol. The van der Waals surface area contributed by atoms with E-state index in [0.717, 1.165) is 22.4 Å². The van der Waals surface area contributed by atoms with Crippen molar-refractivity contribution in [2.45, 2.75) is 26.5 Å². The van der Waals surface area contributed by atoms with E-state index in [-0.39, 0.29) is 5.91 Å². The molecular weight excluding hydrogens is 490 g/mol. The van der Waals surface area contributed by atoms with Crippen LogP contribution in [0, 0.1) is 6.92 Å². The van der Waals surface area contributed by atoms with Crippen LogP contribution in [0.25, 0.3) is 0 Å². The lowest BCUT2D eigenvalue weighted by molar-refractivity contribution is -0.113. The van der Waals surface area contributed by atoms with E-state index in [4.69, 9.17) is 21.1 Å². The molecule has 0 radical (unpaired) electrons. The molecule has 0 saturated heterocycles. The molecule has 188 valence electrons. The second-order valence-corrected chi connectivity index (χ2v) is 9.06. The van der Waals surface area contributed by atoms with Gasteiger partial charge in [-0.25, -0.2) is 4.68 Å². The number of para-hydroxylation sites is 1. The number of fused-ring (bicyclic) bond motifs is 1. The number of halogens is 1. The molecule has 1 aliphatic heterocycles. The molecule has 1 aromatic heterocycles. The molecule has 0 fully saturated rings. The van der Waals surface area contributed by atoms with E-state index in [1.807, 2.05) is 80.6 Å². The highest BCUT2D eigenvalue weighted by atomic mass is 35.5. The minimum Gasteiger partial charge on any atom is -0.493 e. The first-order chi connectivity index (χ1) is 18.0. The van der Waals surface area contributed by atoms with Gasteiger partial charge in [0.25, 0.3) is 5.91 Å². The standard InChI is InChI=1S/C28H26ClN5O3/c1-17-8-4-7-11-22(17)33-27(35)25-18(2)32-28-30-16-31-34(28)26(25)19-12-13-23(24(14-19)36-3)37-15-20-9-5-6-10-21(20)29/h4-14,16,26H,15H2,1-3H3,(H,33,35)(H,30,31,32)/t26-/m0/s1. The zero-order chi connectivity index (χ0) is 25.9. The number of hydrogen-bond acceptors (Lipinski definition) is 6. The molecule has 0 spiro atoms. The van der Waals surface area contributed by atoms with Gasteiger partial charge in [-0.2, -0.15) is 10.1 Å². The van der Waals surface area contributed by atoms with E-state index in [2.05, 4.69) is 20.7 Å². The molecule has 5 rings (SSSR count). The quantitative estimate of drug-likeness (QED) is 0.325. The third-order valence-corrected chi connectivity index (χ3v) is 6.65. The first-order valence-corrected chi connectivity index (χ1v) is 12.1. The van der Waals surface area contributed by atoms with Crippen LogP contribution >= 0.6 is 11.6 Å². The van der Waals surface area contributed by atoms with E-state index in [0.29, 0.717) is 40.3 Å². The second-order valence-electron chi connectivity index (χ2n) is 8.65. The summed E-state index contributed by atoms with van der Waals surface area (Å²) in [5.41, 5.74) is 4.59. The molecule has 0 unspecified atom stereocenters. The lowest BCUT2D eigenvalue weighted by Crippen LogP contribution is -2.31. The topological polar surface area (TPSA) is 90.3 Å². The SMILES string of the molecule is COc1cc([C@H]2C(C(=O)Nc3ccccc3C)=C(C)Nc3ncnn32)ccc1OCc1ccccc1Cl. The van der Waals surface area contributed by atoms with Crippen molar-refractivity contribution >= 4 is 29.1 Å². The van der Waals surface area contributed by atoms with Gasteiger partial charge in [-0.05, 0) is 49.2 Å². The summed E-state index contributed by atoms with van der Waals surface area (Å²) in [6.07, 6.45) is 1.46. The Hall–Kier alpha value is -4.30. The summed E-state index contributed by atoms with van der Waals surface area (Å²) in [6.45, 7) is 4.10. The summed E-state index contributed by atoms with van der Waals surface area (Å²) in [5, 5.41) is 11.3. The van der Waals surface area contributed by atoms with Crippen molar-refractivity contribution in [3.63, 3.8) is 0 Å². The van der Waals surface area contributed by atoms with Crippen LogP contribution in [0.2, 0.25) is 5.02 Å². The van der Waals surface area contributed by atoms with Gasteiger partial charge in [0, 0.05) is 22.0 Å². The summed E-state index contributed by atoms with van der Waals surface area (Å²) >= 11 is 6.28. The smallest absolute Gasteiger partial charge is 0.255 e. The van der Waals surface area contributed by atoms with Crippen molar-refractivity contribution in [1.82, 2.24) is 14.8 Å². The number of ether oxygens (including phenoxy) is 2. The number of carbonyl (C=O) groups excluding carboxylic acids is 1. The van der Waals surface area contributed by atoms with E-state index in [1.165, 1.54) is 6.33 Å². The van der Waals surface area contributed by atoms with Crippen LogP contribution < -0.4 is 20.1 Å². The van der Waals surface area contributed by atoms with Gasteiger partial charge in [0.15, 0.2) is 11.5 Å². The lowest BCUT2D eigenvalue weighted by atomic mass is 9.94. The Morgan fingerprint density at radius 1 is 1.08 bits per heavy atom. The Bertz CT molecular complexity index is 1500. The molecular formula is C28H26ClN5O3. The van der Waals surface area contributed by atoms with E-state index in [9.17, 15) is 4.79 Å². The summed E-state index contributed by atoms with van der Waals surface area (Å²) in [5.74, 6) is 1.41. The molecule has 3 aromatic carbocycles. The summed E-state index contributed by atoms with van der Waals surface area (Å²) < 4.78 is 13.4. The largest absolute Gasteiger partial charge is 0.493 e. The number of aryl methyl sites for hydroxylation is 1. The summed E-state index contributed by atoms with van der Waals surface area (Å²) in [7, 11) is 1.58. The second kappa shape index (κ2) is 10.4. The van der Waals surface area contributed by atoms with Crippen molar-refractivity contribution in [2.75, 3.05) is 17.7 Å². The fourth-order valence-electron chi connectivity index (χ4n) is 4.34. The number of aromatic nitrogens is 3. The zero-order valence-corrected chi connectivity index (χ0v) is 21.4. The number of allylic oxidation sites excluding steroid dienone is 1. The molecule has 8 nitrogen and oxygen atoms in total. The van der Waals surface area contributed by atoms with Crippen LogP contribution in [-0.2, 0) is 11.4 Å². The van der Waals surface area contributed by atoms with Crippen LogP contribution in [0.15, 0.2) is 84.3 Å². The summed E-state index contributed by atoms with van der Waals surface area (Å²) in [4.78, 5) is 17.9. The molecule has 4 aromatic rings. The molecule has 2 N–H and O–H groups in total. The van der Waals surface area contributed by atoms with E-state index < -0.39 is 6.04 Å². The van der Waals surface area contributed by atoms with Crippen LogP contribution in [0.3, 0.4) is 0 Å². The molecule has 0 bridgehead atoms. The third kappa shape index (κ3) is 4.88. The molecule has 37 heavy (non-hydrogen) atoms. The average Bonchev–Trinajstić information content (AvgIpc) is 3.36. The first-order valence-electron chi connectivity index (χ1n) is 11.7. The Balaban J connectivity index is 1.49. The van der Waals surface area contributed by atoms with Crippen LogP contribution in [0.4, 0.5) is 11.6 Å². The highest BCUT2D eigenvalue weighted by Crippen LogP contribution is 2.39. The van der Waals surface area contributed by atoms with Crippen molar-refractivity contribution < 1.29 is 14.3 Å². The normalized spacial score (nSPS) is 14.5. The molecule has 9 heteroatoms. The molecule has 1 amide bonds. The van der Waals surface area contributed by atoms with Crippen molar-refractivity contribution in [3.8, 4) is 11.5 Å². The minimum absolute atomic E-state index is 0.233. The third-order valence-electron chi connectivity index (χ3n) is 6.28. The van der Waals surface area contributed by atoms with Crippen molar-refractivity contribution in [2.24, 2.45) is 0 Å². The maximum absolute atomic E-state index is 13.6. The Morgan fingerprint density at radius 2 is 1.86 bits per heavy atom. The highest BCUT2D eigenvalue weighted by Gasteiger charge is 2.34. The highest BCUT2D eigenvalue weighted by molar-refractivity contribution is 6.31. The van der Waals surface area contributed by atoms with Gasteiger partial charge >= 0.3 is 0 Å². The van der Waals surface area contributed by atoms with Crippen molar-refractivity contribution in [3.05, 3.63) is 106 Å². The number of nitrogens with one attached hydrogen (secondary N) is 2. The maximum atomic E-state index is 13.6. The number of anilines is 2. The Labute approximate surface area is 219 Å². The van der Waals surface area contributed by atoms with Gasteiger partial charge in [0.2, 0.25) is 5.95 Å². The van der Waals surface area contributed by atoms with E-state index in [1.54, 1.807) is 11.8 Å².